The molecule has 0 spiro atoms. The summed E-state index contributed by atoms with van der Waals surface area (Å²) in [5.74, 6) is 2.40. The van der Waals surface area contributed by atoms with Crippen LogP contribution in [-0.4, -0.2) is 75.5 Å². The van der Waals surface area contributed by atoms with E-state index in [1.54, 1.807) is 6.26 Å². The summed E-state index contributed by atoms with van der Waals surface area (Å²) in [6, 6.07) is 4.36. The molecule has 2 aliphatic rings. The fourth-order valence-corrected chi connectivity index (χ4v) is 3.95. The number of aliphatic imine (C=N–C) groups is 1. The first kappa shape index (κ1) is 25.4. The van der Waals surface area contributed by atoms with Crippen molar-refractivity contribution >= 4 is 29.9 Å². The number of furan rings is 1. The fraction of sp³-hybridized carbons (Fsp3) is 0.773. The number of ether oxygens (including phenoxy) is 2. The van der Waals surface area contributed by atoms with Crippen molar-refractivity contribution in [2.75, 3.05) is 52.5 Å². The maximum atomic E-state index is 5.87. The maximum absolute atomic E-state index is 5.87. The van der Waals surface area contributed by atoms with Crippen LogP contribution in [0.5, 0.6) is 0 Å². The van der Waals surface area contributed by atoms with Crippen molar-refractivity contribution in [2.45, 2.75) is 51.7 Å². The predicted octanol–water partition coefficient (Wildman–Crippen LogP) is 2.90. The van der Waals surface area contributed by atoms with Gasteiger partial charge in [-0.05, 0) is 37.3 Å². The highest BCUT2D eigenvalue weighted by molar-refractivity contribution is 14.0. The van der Waals surface area contributed by atoms with E-state index in [1.807, 2.05) is 12.1 Å². The highest BCUT2D eigenvalue weighted by Crippen LogP contribution is 2.14. The first-order chi connectivity index (χ1) is 14.2. The molecule has 2 saturated heterocycles. The molecule has 2 fully saturated rings. The summed E-state index contributed by atoms with van der Waals surface area (Å²) >= 11 is 0. The molecule has 3 rings (SSSR count). The third-order valence-electron chi connectivity index (χ3n) is 5.74. The van der Waals surface area contributed by atoms with Crippen LogP contribution in [0, 0.1) is 5.92 Å². The molecule has 30 heavy (non-hydrogen) atoms. The molecule has 2 atom stereocenters. The lowest BCUT2D eigenvalue weighted by atomic mass is 10.0. The van der Waals surface area contributed by atoms with E-state index in [1.165, 1.54) is 12.8 Å². The Morgan fingerprint density at radius 1 is 1.20 bits per heavy atom. The number of guanidine groups is 1. The molecule has 2 aliphatic heterocycles. The Hall–Kier alpha value is -0.840. The molecule has 0 bridgehead atoms. The van der Waals surface area contributed by atoms with Gasteiger partial charge >= 0.3 is 0 Å². The zero-order valence-electron chi connectivity index (χ0n) is 18.5. The van der Waals surface area contributed by atoms with E-state index in [-0.39, 0.29) is 30.1 Å². The minimum atomic E-state index is 0. The molecule has 0 aromatic carbocycles. The molecule has 3 heterocycles. The molecule has 2 unspecified atom stereocenters. The number of halogens is 1. The van der Waals surface area contributed by atoms with Crippen molar-refractivity contribution in [3.8, 4) is 0 Å². The average Bonchev–Trinajstić information content (AvgIpc) is 3.26. The Balaban J connectivity index is 0.00000320. The smallest absolute Gasteiger partial charge is 0.191 e. The third-order valence-corrected chi connectivity index (χ3v) is 5.74. The van der Waals surface area contributed by atoms with Gasteiger partial charge in [-0.3, -0.25) is 9.89 Å². The summed E-state index contributed by atoms with van der Waals surface area (Å²) in [5, 5.41) is 6.98. The number of nitrogens with zero attached hydrogens (tertiary/aromatic N) is 2. The van der Waals surface area contributed by atoms with Gasteiger partial charge in [-0.25, -0.2) is 0 Å². The third kappa shape index (κ3) is 8.72. The summed E-state index contributed by atoms with van der Waals surface area (Å²) < 4.78 is 16.8. The number of morpholine rings is 1. The van der Waals surface area contributed by atoms with Crippen molar-refractivity contribution in [1.29, 1.82) is 0 Å². The second-order valence-electron chi connectivity index (χ2n) is 8.27. The average molecular weight is 534 g/mol. The second kappa shape index (κ2) is 14.3. The first-order valence-electron chi connectivity index (χ1n) is 11.2. The Morgan fingerprint density at radius 3 is 2.70 bits per heavy atom. The molecule has 172 valence electrons. The number of nitrogens with one attached hydrogen (secondary N) is 2. The van der Waals surface area contributed by atoms with Crippen LogP contribution in [0.4, 0.5) is 0 Å². The van der Waals surface area contributed by atoms with Gasteiger partial charge in [-0.15, -0.1) is 24.0 Å². The van der Waals surface area contributed by atoms with Gasteiger partial charge in [0.15, 0.2) is 5.96 Å². The Morgan fingerprint density at radius 2 is 2.03 bits per heavy atom. The Bertz CT molecular complexity index is 585. The van der Waals surface area contributed by atoms with Crippen molar-refractivity contribution in [3.05, 3.63) is 24.2 Å². The van der Waals surface area contributed by atoms with Crippen LogP contribution in [0.15, 0.2) is 27.8 Å². The van der Waals surface area contributed by atoms with Gasteiger partial charge in [0.1, 0.15) is 5.76 Å². The normalized spacial score (nSPS) is 21.8. The topological polar surface area (TPSA) is 71.3 Å². The molecular weight excluding hydrogens is 495 g/mol. The molecular formula is C22H39IN4O3. The second-order valence-corrected chi connectivity index (χ2v) is 8.27. The summed E-state index contributed by atoms with van der Waals surface area (Å²) in [4.78, 5) is 7.47. The van der Waals surface area contributed by atoms with Crippen LogP contribution in [0.2, 0.25) is 0 Å². The van der Waals surface area contributed by atoms with Crippen molar-refractivity contribution in [2.24, 2.45) is 10.9 Å². The van der Waals surface area contributed by atoms with Gasteiger partial charge in [0, 0.05) is 45.2 Å². The van der Waals surface area contributed by atoms with Gasteiger partial charge < -0.3 is 24.5 Å². The highest BCUT2D eigenvalue weighted by Gasteiger charge is 2.23. The van der Waals surface area contributed by atoms with E-state index in [0.717, 1.165) is 77.1 Å². The quantitative estimate of drug-likeness (QED) is 0.289. The zero-order valence-corrected chi connectivity index (χ0v) is 20.8. The minimum Gasteiger partial charge on any atom is -0.469 e. The molecule has 0 aliphatic carbocycles. The van der Waals surface area contributed by atoms with E-state index < -0.39 is 0 Å². The van der Waals surface area contributed by atoms with Gasteiger partial charge in [-0.2, -0.15) is 0 Å². The van der Waals surface area contributed by atoms with E-state index in [4.69, 9.17) is 18.9 Å². The lowest BCUT2D eigenvalue weighted by Crippen LogP contribution is -2.48. The van der Waals surface area contributed by atoms with Gasteiger partial charge in [0.2, 0.25) is 0 Å². The molecule has 7 nitrogen and oxygen atoms in total. The van der Waals surface area contributed by atoms with Crippen LogP contribution < -0.4 is 10.6 Å². The van der Waals surface area contributed by atoms with E-state index >= 15 is 0 Å². The van der Waals surface area contributed by atoms with Crippen molar-refractivity contribution < 1.29 is 13.9 Å². The van der Waals surface area contributed by atoms with Crippen LogP contribution in [0.3, 0.4) is 0 Å². The zero-order chi connectivity index (χ0) is 20.3. The standard InChI is InChI=1S/C22H38N4O3.HI/c1-18(2)21(26-10-14-27-15-11-26)17-25-22(23-9-8-19-7-5-13-28-19)24-16-20-6-3-4-12-29-20;/h5,7,13,18,20-21H,3-4,6,8-12,14-17H2,1-2H3,(H2,23,24,25);1H. The molecule has 0 radical (unpaired) electrons. The SMILES string of the molecule is CC(C)C(CN=C(NCCc1ccco1)NCC1CCCCO1)N1CCOCC1.I. The van der Waals surface area contributed by atoms with Crippen LogP contribution in [0.1, 0.15) is 38.9 Å². The summed E-state index contributed by atoms with van der Waals surface area (Å²) in [6.07, 6.45) is 6.38. The maximum Gasteiger partial charge on any atom is 0.191 e. The van der Waals surface area contributed by atoms with Crippen molar-refractivity contribution in [1.82, 2.24) is 15.5 Å². The van der Waals surface area contributed by atoms with Gasteiger partial charge in [-0.1, -0.05) is 13.8 Å². The fourth-order valence-electron chi connectivity index (χ4n) is 3.95. The molecule has 1 aromatic rings. The summed E-state index contributed by atoms with van der Waals surface area (Å²) in [5.41, 5.74) is 0. The summed E-state index contributed by atoms with van der Waals surface area (Å²) in [7, 11) is 0. The van der Waals surface area contributed by atoms with Gasteiger partial charge in [0.05, 0.1) is 32.1 Å². The molecule has 2 N–H and O–H groups in total. The number of hydrogen-bond donors (Lipinski definition) is 2. The number of hydrogen-bond acceptors (Lipinski definition) is 5. The monoisotopic (exact) mass is 534 g/mol. The lowest BCUT2D eigenvalue weighted by molar-refractivity contribution is 0.00860. The van der Waals surface area contributed by atoms with Crippen LogP contribution in [-0.2, 0) is 15.9 Å². The molecule has 0 amide bonds. The summed E-state index contributed by atoms with van der Waals surface area (Å²) in [6.45, 7) is 11.4. The highest BCUT2D eigenvalue weighted by atomic mass is 127. The van der Waals surface area contributed by atoms with Gasteiger partial charge in [0.25, 0.3) is 0 Å². The molecule has 0 saturated carbocycles. The predicted molar refractivity (Wildman–Crippen MR) is 131 cm³/mol. The van der Waals surface area contributed by atoms with Crippen LogP contribution >= 0.6 is 24.0 Å². The number of rotatable bonds is 9. The Labute approximate surface area is 198 Å². The van der Waals surface area contributed by atoms with E-state index in [0.29, 0.717) is 12.0 Å². The van der Waals surface area contributed by atoms with E-state index in [2.05, 4.69) is 29.4 Å². The lowest BCUT2D eigenvalue weighted by Gasteiger charge is -2.36. The van der Waals surface area contributed by atoms with Crippen molar-refractivity contribution in [3.63, 3.8) is 0 Å². The van der Waals surface area contributed by atoms with Crippen LogP contribution in [0.25, 0.3) is 0 Å². The molecule has 1 aromatic heterocycles. The minimum absolute atomic E-state index is 0. The largest absolute Gasteiger partial charge is 0.469 e. The Kier molecular flexibility index (Phi) is 12.1. The first-order valence-corrected chi connectivity index (χ1v) is 11.2. The van der Waals surface area contributed by atoms with E-state index in [9.17, 15) is 0 Å². The molecule has 8 heteroatoms.